The molecule has 70 valence electrons. The van der Waals surface area contributed by atoms with E-state index in [1.807, 2.05) is 18.2 Å². The Morgan fingerprint density at radius 3 is 2.85 bits per heavy atom. The molecule has 1 aliphatic rings. The van der Waals surface area contributed by atoms with Gasteiger partial charge in [-0.3, -0.25) is 0 Å². The van der Waals surface area contributed by atoms with Crippen molar-refractivity contribution in [2.24, 2.45) is 0 Å². The van der Waals surface area contributed by atoms with Gasteiger partial charge in [-0.25, -0.2) is 0 Å². The van der Waals surface area contributed by atoms with Gasteiger partial charge in [0.15, 0.2) is 0 Å². The van der Waals surface area contributed by atoms with Gasteiger partial charge >= 0.3 is 0 Å². The molecule has 0 radical (unpaired) electrons. The Hall–Kier alpha value is -0.210. The molecule has 0 aromatic heterocycles. The first-order chi connectivity index (χ1) is 6.18. The summed E-state index contributed by atoms with van der Waals surface area (Å²) in [6, 6.07) is 6.57. The highest BCUT2D eigenvalue weighted by Crippen LogP contribution is 2.34. The molecule has 0 N–H and O–H groups in total. The van der Waals surface area contributed by atoms with Crippen molar-refractivity contribution in [3.63, 3.8) is 0 Å². The average Bonchev–Trinajstić information content (AvgIpc) is 2.09. The van der Waals surface area contributed by atoms with Crippen LogP contribution in [0, 0.1) is 0 Å². The number of anilines is 1. The normalized spacial score (nSPS) is 21.5. The van der Waals surface area contributed by atoms with Gasteiger partial charge in [0.25, 0.3) is 0 Å². The van der Waals surface area contributed by atoms with Gasteiger partial charge in [0.05, 0.1) is 5.69 Å². The molecule has 0 amide bonds. The third-order valence-corrected chi connectivity index (χ3v) is 3.44. The van der Waals surface area contributed by atoms with Gasteiger partial charge in [0.1, 0.15) is 0 Å². The Labute approximate surface area is 91.8 Å². The fraction of sp³-hybridized carbons (Fsp3) is 0.400. The van der Waals surface area contributed by atoms with E-state index in [-0.39, 0.29) is 0 Å². The Bertz CT molecular complexity index is 327. The van der Waals surface area contributed by atoms with Crippen LogP contribution < -0.4 is 4.90 Å². The monoisotopic (exact) mass is 259 g/mol. The zero-order chi connectivity index (χ0) is 9.42. The maximum atomic E-state index is 5.94. The molecule has 13 heavy (non-hydrogen) atoms. The van der Waals surface area contributed by atoms with E-state index in [1.54, 1.807) is 0 Å². The van der Waals surface area contributed by atoms with Crippen molar-refractivity contribution in [3.8, 4) is 0 Å². The summed E-state index contributed by atoms with van der Waals surface area (Å²) in [6.07, 6.45) is 1.28. The molecule has 2 rings (SSSR count). The highest BCUT2D eigenvalue weighted by molar-refractivity contribution is 9.10. The minimum absolute atomic E-state index is 0.648. The lowest BCUT2D eigenvalue weighted by atomic mass is 10.0. The van der Waals surface area contributed by atoms with Crippen LogP contribution in [0.25, 0.3) is 0 Å². The standard InChI is InChI=1S/C10H11BrClN/c1-7-4-5-13(7)10-6-8(12)2-3-9(10)11/h2-3,6-7H,4-5H2,1H3. The zero-order valence-electron chi connectivity index (χ0n) is 7.43. The lowest BCUT2D eigenvalue weighted by Gasteiger charge is -2.41. The molecule has 1 saturated heterocycles. The van der Waals surface area contributed by atoms with Crippen molar-refractivity contribution in [1.82, 2.24) is 0 Å². The van der Waals surface area contributed by atoms with E-state index in [9.17, 15) is 0 Å². The topological polar surface area (TPSA) is 3.24 Å². The van der Waals surface area contributed by atoms with E-state index in [2.05, 4.69) is 27.8 Å². The molecular weight excluding hydrogens is 249 g/mol. The first-order valence-corrected chi connectivity index (χ1v) is 5.57. The first-order valence-electron chi connectivity index (χ1n) is 4.40. The number of hydrogen-bond donors (Lipinski definition) is 0. The van der Waals surface area contributed by atoms with E-state index in [0.717, 1.165) is 16.0 Å². The minimum Gasteiger partial charge on any atom is -0.368 e. The fourth-order valence-electron chi connectivity index (χ4n) is 1.58. The van der Waals surface area contributed by atoms with Crippen molar-refractivity contribution in [3.05, 3.63) is 27.7 Å². The molecule has 1 nitrogen and oxygen atoms in total. The summed E-state index contributed by atoms with van der Waals surface area (Å²) in [7, 11) is 0. The molecule has 1 atom stereocenters. The summed E-state index contributed by atoms with van der Waals surface area (Å²) >= 11 is 9.48. The van der Waals surface area contributed by atoms with Crippen LogP contribution in [-0.4, -0.2) is 12.6 Å². The second-order valence-electron chi connectivity index (χ2n) is 3.43. The van der Waals surface area contributed by atoms with Crippen LogP contribution in [0.15, 0.2) is 22.7 Å². The van der Waals surface area contributed by atoms with Crippen molar-refractivity contribution >= 4 is 33.2 Å². The van der Waals surface area contributed by atoms with Crippen LogP contribution in [0.2, 0.25) is 5.02 Å². The van der Waals surface area contributed by atoms with Crippen molar-refractivity contribution < 1.29 is 0 Å². The Morgan fingerprint density at radius 2 is 2.31 bits per heavy atom. The van der Waals surface area contributed by atoms with E-state index in [1.165, 1.54) is 12.1 Å². The SMILES string of the molecule is CC1CCN1c1cc(Cl)ccc1Br. The zero-order valence-corrected chi connectivity index (χ0v) is 9.77. The summed E-state index contributed by atoms with van der Waals surface area (Å²) < 4.78 is 1.13. The predicted octanol–water partition coefficient (Wildman–Crippen LogP) is 3.70. The molecule has 1 aromatic carbocycles. The molecule has 3 heteroatoms. The van der Waals surface area contributed by atoms with Crippen LogP contribution in [0.3, 0.4) is 0 Å². The van der Waals surface area contributed by atoms with Gasteiger partial charge in [0, 0.05) is 22.1 Å². The molecule has 0 bridgehead atoms. The largest absolute Gasteiger partial charge is 0.368 e. The van der Waals surface area contributed by atoms with E-state index in [0.29, 0.717) is 6.04 Å². The Morgan fingerprint density at radius 1 is 1.54 bits per heavy atom. The Kier molecular flexibility index (Phi) is 2.52. The van der Waals surface area contributed by atoms with E-state index >= 15 is 0 Å². The van der Waals surface area contributed by atoms with Gasteiger partial charge in [-0.05, 0) is 47.5 Å². The van der Waals surface area contributed by atoms with Gasteiger partial charge in [0.2, 0.25) is 0 Å². The molecule has 1 aliphatic heterocycles. The lowest BCUT2D eigenvalue weighted by Crippen LogP contribution is -2.45. The summed E-state index contributed by atoms with van der Waals surface area (Å²) in [4.78, 5) is 2.36. The quantitative estimate of drug-likeness (QED) is 0.744. The van der Waals surface area contributed by atoms with E-state index < -0.39 is 0 Å². The summed E-state index contributed by atoms with van der Waals surface area (Å²) in [5.41, 5.74) is 1.21. The van der Waals surface area contributed by atoms with Gasteiger partial charge < -0.3 is 4.90 Å². The molecule has 0 aliphatic carbocycles. The summed E-state index contributed by atoms with van der Waals surface area (Å²) in [5, 5.41) is 0.803. The predicted molar refractivity (Wildman–Crippen MR) is 60.6 cm³/mol. The van der Waals surface area contributed by atoms with Crippen molar-refractivity contribution in [1.29, 1.82) is 0 Å². The highest BCUT2D eigenvalue weighted by Gasteiger charge is 2.25. The smallest absolute Gasteiger partial charge is 0.0528 e. The van der Waals surface area contributed by atoms with Gasteiger partial charge in [-0.15, -0.1) is 0 Å². The second-order valence-corrected chi connectivity index (χ2v) is 4.72. The fourth-order valence-corrected chi connectivity index (χ4v) is 2.22. The number of hydrogen-bond acceptors (Lipinski definition) is 1. The minimum atomic E-state index is 0.648. The number of nitrogens with zero attached hydrogens (tertiary/aromatic N) is 1. The average molecular weight is 261 g/mol. The summed E-state index contributed by atoms with van der Waals surface area (Å²) in [5.74, 6) is 0. The Balaban J connectivity index is 2.33. The molecule has 0 spiro atoms. The molecule has 1 unspecified atom stereocenters. The number of benzene rings is 1. The molecule has 1 heterocycles. The maximum Gasteiger partial charge on any atom is 0.0528 e. The van der Waals surface area contributed by atoms with Crippen LogP contribution in [0.5, 0.6) is 0 Å². The maximum absolute atomic E-state index is 5.94. The van der Waals surface area contributed by atoms with Crippen LogP contribution in [-0.2, 0) is 0 Å². The number of halogens is 2. The molecule has 0 saturated carbocycles. The van der Waals surface area contributed by atoms with Gasteiger partial charge in [-0.1, -0.05) is 11.6 Å². The molecule has 1 fully saturated rings. The van der Waals surface area contributed by atoms with Crippen molar-refractivity contribution in [2.45, 2.75) is 19.4 Å². The van der Waals surface area contributed by atoms with Crippen LogP contribution in [0.1, 0.15) is 13.3 Å². The second kappa shape index (κ2) is 3.50. The first kappa shape index (κ1) is 9.35. The van der Waals surface area contributed by atoms with Crippen LogP contribution in [0.4, 0.5) is 5.69 Å². The van der Waals surface area contributed by atoms with Gasteiger partial charge in [-0.2, -0.15) is 0 Å². The highest BCUT2D eigenvalue weighted by atomic mass is 79.9. The third-order valence-electron chi connectivity index (χ3n) is 2.54. The van der Waals surface area contributed by atoms with Crippen LogP contribution >= 0.6 is 27.5 Å². The third kappa shape index (κ3) is 1.70. The van der Waals surface area contributed by atoms with Crippen molar-refractivity contribution in [2.75, 3.05) is 11.4 Å². The molecule has 1 aromatic rings. The van der Waals surface area contributed by atoms with E-state index in [4.69, 9.17) is 11.6 Å². The number of rotatable bonds is 1. The molecular formula is C10H11BrClN. The summed E-state index contributed by atoms with van der Waals surface area (Å²) in [6.45, 7) is 3.37. The lowest BCUT2D eigenvalue weighted by molar-refractivity contribution is 0.480.